The lowest BCUT2D eigenvalue weighted by Crippen LogP contribution is -2.28. The van der Waals surface area contributed by atoms with Gasteiger partial charge in [-0.05, 0) is 49.8 Å². The van der Waals surface area contributed by atoms with Gasteiger partial charge in [-0.1, -0.05) is 23.7 Å². The Labute approximate surface area is 154 Å². The smallest absolute Gasteiger partial charge is 0.193 e. The Morgan fingerprint density at radius 3 is 2.73 bits per heavy atom. The summed E-state index contributed by atoms with van der Waals surface area (Å²) >= 11 is 5.87. The van der Waals surface area contributed by atoms with Crippen molar-refractivity contribution in [2.45, 2.75) is 19.4 Å². The number of carbonyl (C=O) groups is 1. The third kappa shape index (κ3) is 3.30. The molecule has 3 rings (SSSR count). The molecule has 134 valence electrons. The summed E-state index contributed by atoms with van der Waals surface area (Å²) in [5.74, 6) is -1.67. The molecule has 0 aromatic heterocycles. The van der Waals surface area contributed by atoms with Crippen molar-refractivity contribution in [2.75, 3.05) is 0 Å². The minimum atomic E-state index is -0.710. The molecule has 0 radical (unpaired) electrons. The largest absolute Gasteiger partial charge is 0.507 e. The Kier molecular flexibility index (Phi) is 4.50. The number of phenols is 2. The molecule has 0 saturated heterocycles. The fourth-order valence-corrected chi connectivity index (χ4v) is 2.82. The number of hydrogen-bond acceptors (Lipinski definition) is 4. The van der Waals surface area contributed by atoms with Crippen molar-refractivity contribution in [2.24, 2.45) is 0 Å². The van der Waals surface area contributed by atoms with Crippen molar-refractivity contribution in [1.29, 1.82) is 0 Å². The van der Waals surface area contributed by atoms with E-state index in [9.17, 15) is 19.4 Å². The third-order valence-corrected chi connectivity index (χ3v) is 4.33. The molecule has 4 nitrogen and oxygen atoms in total. The Morgan fingerprint density at radius 2 is 2.00 bits per heavy atom. The molecule has 0 spiro atoms. The second-order valence-electron chi connectivity index (χ2n) is 6.41. The molecule has 2 N–H and O–H groups in total. The summed E-state index contributed by atoms with van der Waals surface area (Å²) in [6.07, 6.45) is 5.90. The Hall–Kier alpha value is -2.79. The van der Waals surface area contributed by atoms with Gasteiger partial charge in [0.1, 0.15) is 34.2 Å². The monoisotopic (exact) mass is 374 g/mol. The van der Waals surface area contributed by atoms with Gasteiger partial charge in [0.25, 0.3) is 0 Å². The first-order valence-electron chi connectivity index (χ1n) is 7.83. The van der Waals surface area contributed by atoms with Crippen LogP contribution in [0.2, 0.25) is 5.02 Å². The van der Waals surface area contributed by atoms with Crippen LogP contribution in [-0.4, -0.2) is 21.6 Å². The fourth-order valence-electron chi connectivity index (χ4n) is 2.63. The van der Waals surface area contributed by atoms with Gasteiger partial charge in [-0.15, -0.1) is 0 Å². The molecular formula is C20H16ClFO4. The van der Waals surface area contributed by atoms with E-state index in [0.29, 0.717) is 11.1 Å². The number of halogens is 2. The van der Waals surface area contributed by atoms with E-state index >= 15 is 0 Å². The molecule has 0 fully saturated rings. The second-order valence-corrected chi connectivity index (χ2v) is 6.79. The van der Waals surface area contributed by atoms with Gasteiger partial charge in [0.15, 0.2) is 5.78 Å². The van der Waals surface area contributed by atoms with Crippen molar-refractivity contribution < 1.29 is 24.1 Å². The molecule has 2 aromatic carbocycles. The summed E-state index contributed by atoms with van der Waals surface area (Å²) in [5.41, 5.74) is -0.160. The first-order valence-corrected chi connectivity index (χ1v) is 8.21. The minimum absolute atomic E-state index is 0.0843. The average molecular weight is 375 g/mol. The molecule has 0 bridgehead atoms. The quantitative estimate of drug-likeness (QED) is 0.588. The molecule has 1 aliphatic heterocycles. The lowest BCUT2D eigenvalue weighted by molar-refractivity contribution is 0.103. The van der Waals surface area contributed by atoms with Crippen LogP contribution in [0.3, 0.4) is 0 Å². The van der Waals surface area contributed by atoms with E-state index in [4.69, 9.17) is 16.3 Å². The van der Waals surface area contributed by atoms with E-state index in [2.05, 4.69) is 0 Å². The summed E-state index contributed by atoms with van der Waals surface area (Å²) < 4.78 is 19.3. The maximum Gasteiger partial charge on any atom is 0.193 e. The van der Waals surface area contributed by atoms with Crippen LogP contribution in [0.5, 0.6) is 17.2 Å². The van der Waals surface area contributed by atoms with Gasteiger partial charge in [0.2, 0.25) is 0 Å². The number of aromatic hydroxyl groups is 2. The van der Waals surface area contributed by atoms with Crippen LogP contribution in [0.25, 0.3) is 12.2 Å². The zero-order chi connectivity index (χ0) is 19.1. The summed E-state index contributed by atoms with van der Waals surface area (Å²) in [6.45, 7) is 3.56. The molecule has 0 saturated carbocycles. The van der Waals surface area contributed by atoms with E-state index in [1.165, 1.54) is 24.3 Å². The number of benzene rings is 2. The van der Waals surface area contributed by atoms with Crippen LogP contribution < -0.4 is 4.74 Å². The Morgan fingerprint density at radius 1 is 1.27 bits per heavy atom. The highest BCUT2D eigenvalue weighted by atomic mass is 35.5. The normalized spacial score (nSPS) is 14.9. The zero-order valence-electron chi connectivity index (χ0n) is 14.1. The second kappa shape index (κ2) is 6.50. The number of carbonyl (C=O) groups excluding carboxylic acids is 1. The van der Waals surface area contributed by atoms with Crippen LogP contribution in [0.15, 0.2) is 36.4 Å². The van der Waals surface area contributed by atoms with Gasteiger partial charge >= 0.3 is 0 Å². The molecule has 0 aliphatic carbocycles. The molecule has 0 amide bonds. The number of allylic oxidation sites excluding steroid dienone is 1. The summed E-state index contributed by atoms with van der Waals surface area (Å²) in [5, 5.41) is 20.1. The molecule has 6 heteroatoms. The number of hydrogen-bond donors (Lipinski definition) is 2. The summed E-state index contributed by atoms with van der Waals surface area (Å²) in [7, 11) is 0. The highest BCUT2D eigenvalue weighted by molar-refractivity contribution is 6.32. The van der Waals surface area contributed by atoms with Crippen LogP contribution in [0.1, 0.15) is 35.3 Å². The van der Waals surface area contributed by atoms with Crippen molar-refractivity contribution >= 4 is 29.5 Å². The topological polar surface area (TPSA) is 66.8 Å². The molecule has 1 aliphatic rings. The zero-order valence-corrected chi connectivity index (χ0v) is 14.8. The number of rotatable bonds is 3. The Balaban J connectivity index is 2.04. The number of ether oxygens (including phenoxy) is 1. The fraction of sp³-hybridized carbons (Fsp3) is 0.150. The van der Waals surface area contributed by atoms with Crippen LogP contribution in [0.4, 0.5) is 4.39 Å². The van der Waals surface area contributed by atoms with Crippen LogP contribution in [0, 0.1) is 5.82 Å². The molecule has 0 unspecified atom stereocenters. The average Bonchev–Trinajstić information content (AvgIpc) is 2.55. The minimum Gasteiger partial charge on any atom is -0.507 e. The van der Waals surface area contributed by atoms with E-state index in [1.807, 2.05) is 0 Å². The summed E-state index contributed by atoms with van der Waals surface area (Å²) in [4.78, 5) is 12.7. The predicted molar refractivity (Wildman–Crippen MR) is 98.3 cm³/mol. The van der Waals surface area contributed by atoms with E-state index < -0.39 is 23.0 Å². The lowest BCUT2D eigenvalue weighted by atomic mass is 9.96. The number of ketones is 1. The van der Waals surface area contributed by atoms with Crippen LogP contribution in [-0.2, 0) is 0 Å². The van der Waals surface area contributed by atoms with Crippen molar-refractivity contribution in [3.63, 3.8) is 0 Å². The maximum absolute atomic E-state index is 13.5. The first kappa shape index (κ1) is 18.0. The highest BCUT2D eigenvalue weighted by Gasteiger charge is 2.30. The van der Waals surface area contributed by atoms with Gasteiger partial charge < -0.3 is 14.9 Å². The van der Waals surface area contributed by atoms with Crippen LogP contribution >= 0.6 is 11.6 Å². The SMILES string of the molecule is CC1(C)C=Cc2c(O)cc(O)c(C(=O)/C=C/c3cccc(F)c3Cl)c2O1. The first-order chi connectivity index (χ1) is 12.2. The van der Waals surface area contributed by atoms with Crippen molar-refractivity contribution in [3.8, 4) is 17.2 Å². The van der Waals surface area contributed by atoms with Crippen molar-refractivity contribution in [1.82, 2.24) is 0 Å². The Bertz CT molecular complexity index is 961. The number of phenolic OH excluding ortho intramolecular Hbond substituents is 2. The van der Waals surface area contributed by atoms with E-state index in [-0.39, 0.29) is 22.1 Å². The number of fused-ring (bicyclic) bond motifs is 1. The molecule has 1 heterocycles. The standard InChI is InChI=1S/C20H16ClFO4/c1-20(2)9-8-12-15(24)10-16(25)17(19(12)26-20)14(23)7-6-11-4-3-5-13(22)18(11)21/h3-10,24-25H,1-2H3/b7-6+. The maximum atomic E-state index is 13.5. The highest BCUT2D eigenvalue weighted by Crippen LogP contribution is 2.43. The van der Waals surface area contributed by atoms with Crippen molar-refractivity contribution in [3.05, 3.63) is 63.9 Å². The predicted octanol–water partition coefficient (Wildman–Crippen LogP) is 4.97. The summed E-state index contributed by atoms with van der Waals surface area (Å²) in [6, 6.07) is 5.33. The lowest BCUT2D eigenvalue weighted by Gasteiger charge is -2.29. The molecule has 2 aromatic rings. The van der Waals surface area contributed by atoms with Gasteiger partial charge in [0, 0.05) is 6.07 Å². The van der Waals surface area contributed by atoms with Gasteiger partial charge in [-0.2, -0.15) is 0 Å². The third-order valence-electron chi connectivity index (χ3n) is 3.94. The van der Waals surface area contributed by atoms with E-state index in [1.54, 1.807) is 32.1 Å². The van der Waals surface area contributed by atoms with E-state index in [0.717, 1.165) is 6.07 Å². The van der Waals surface area contributed by atoms with Gasteiger partial charge in [0.05, 0.1) is 10.6 Å². The molecular weight excluding hydrogens is 359 g/mol. The molecule has 0 atom stereocenters. The van der Waals surface area contributed by atoms with Gasteiger partial charge in [-0.3, -0.25) is 4.79 Å². The van der Waals surface area contributed by atoms with Gasteiger partial charge in [-0.25, -0.2) is 4.39 Å². The molecule has 26 heavy (non-hydrogen) atoms.